The second-order valence-corrected chi connectivity index (χ2v) is 5.15. The van der Waals surface area contributed by atoms with Gasteiger partial charge in [0.1, 0.15) is 15.8 Å². The van der Waals surface area contributed by atoms with Crippen LogP contribution in [0, 0.1) is 6.92 Å². The number of rotatable bonds is 4. The molecule has 0 amide bonds. The van der Waals surface area contributed by atoms with Crippen LogP contribution < -0.4 is 10.5 Å². The molecule has 2 aromatic rings. The highest BCUT2D eigenvalue weighted by molar-refractivity contribution is 7.14. The molecule has 1 aromatic heterocycles. The molecule has 2 rings (SSSR count). The smallest absolute Gasteiger partial charge is 0.147 e. The third kappa shape index (κ3) is 2.52. The number of ether oxygens (including phenoxy) is 1. The molecule has 0 bridgehead atoms. The Morgan fingerprint density at radius 2 is 2.17 bits per heavy atom. The number of hydrogen-bond donors (Lipinski definition) is 1. The number of methoxy groups -OCH3 is 1. The molecule has 0 aliphatic heterocycles. The lowest BCUT2D eigenvalue weighted by Crippen LogP contribution is -2.07. The fraction of sp³-hybridized carbons (Fsp3) is 0.385. The first-order valence-electron chi connectivity index (χ1n) is 5.89. The summed E-state index contributed by atoms with van der Waals surface area (Å²) < 4.78 is 5.31. The molecule has 18 heavy (non-hydrogen) atoms. The van der Waals surface area contributed by atoms with Crippen molar-refractivity contribution in [1.82, 2.24) is 10.2 Å². The Morgan fingerprint density at radius 1 is 1.39 bits per heavy atom. The van der Waals surface area contributed by atoms with Gasteiger partial charge in [-0.2, -0.15) is 0 Å². The van der Waals surface area contributed by atoms with Crippen LogP contribution in [-0.4, -0.2) is 17.3 Å². The molecule has 5 heteroatoms. The van der Waals surface area contributed by atoms with Gasteiger partial charge in [-0.15, -0.1) is 10.2 Å². The predicted molar refractivity (Wildman–Crippen MR) is 73.9 cm³/mol. The number of benzene rings is 1. The highest BCUT2D eigenvalue weighted by Gasteiger charge is 2.12. The van der Waals surface area contributed by atoms with Crippen molar-refractivity contribution < 1.29 is 4.74 Å². The molecule has 0 aliphatic carbocycles. The molecule has 1 unspecified atom stereocenters. The molecule has 0 spiro atoms. The quantitative estimate of drug-likeness (QED) is 0.921. The topological polar surface area (TPSA) is 61.0 Å². The number of aryl methyl sites for hydroxylation is 1. The van der Waals surface area contributed by atoms with Crippen molar-refractivity contribution in [3.05, 3.63) is 28.8 Å². The molecular weight excluding hydrogens is 246 g/mol. The van der Waals surface area contributed by atoms with Gasteiger partial charge in [0.15, 0.2) is 0 Å². The van der Waals surface area contributed by atoms with Crippen molar-refractivity contribution >= 4 is 11.3 Å². The van der Waals surface area contributed by atoms with Gasteiger partial charge in [-0.1, -0.05) is 30.4 Å². The van der Waals surface area contributed by atoms with E-state index in [1.54, 1.807) is 18.4 Å². The molecule has 1 aromatic carbocycles. The van der Waals surface area contributed by atoms with Gasteiger partial charge in [-0.3, -0.25) is 0 Å². The predicted octanol–water partition coefficient (Wildman–Crippen LogP) is 2.93. The van der Waals surface area contributed by atoms with Gasteiger partial charge in [-0.05, 0) is 25.0 Å². The Labute approximate surface area is 111 Å². The van der Waals surface area contributed by atoms with Gasteiger partial charge in [0.25, 0.3) is 0 Å². The van der Waals surface area contributed by atoms with Crippen LogP contribution in [0.15, 0.2) is 18.2 Å². The number of nitrogens with two attached hydrogens (primary N) is 1. The van der Waals surface area contributed by atoms with E-state index in [4.69, 9.17) is 10.5 Å². The van der Waals surface area contributed by atoms with Crippen LogP contribution in [0.3, 0.4) is 0 Å². The van der Waals surface area contributed by atoms with Gasteiger partial charge in [0.05, 0.1) is 13.2 Å². The summed E-state index contributed by atoms with van der Waals surface area (Å²) in [5, 5.41) is 10.1. The standard InChI is InChI=1S/C13H17N3OS/c1-4-10(14)13-16-15-12(18-13)9-6-5-8(2)11(7-9)17-3/h5-7,10H,4,14H2,1-3H3. The SMILES string of the molecule is CCC(N)c1nnc(-c2ccc(C)c(OC)c2)s1. The zero-order valence-corrected chi connectivity index (χ0v) is 11.6. The van der Waals surface area contributed by atoms with Crippen molar-refractivity contribution in [2.24, 2.45) is 5.73 Å². The molecule has 96 valence electrons. The molecular formula is C13H17N3OS. The average Bonchev–Trinajstić information content (AvgIpc) is 2.88. The second kappa shape index (κ2) is 5.46. The van der Waals surface area contributed by atoms with E-state index in [1.165, 1.54) is 0 Å². The lowest BCUT2D eigenvalue weighted by atomic mass is 10.1. The second-order valence-electron chi connectivity index (χ2n) is 4.14. The maximum atomic E-state index is 5.95. The molecule has 4 nitrogen and oxygen atoms in total. The number of aromatic nitrogens is 2. The minimum Gasteiger partial charge on any atom is -0.496 e. The first-order chi connectivity index (χ1) is 8.65. The van der Waals surface area contributed by atoms with Crippen LogP contribution in [-0.2, 0) is 0 Å². The molecule has 0 aliphatic rings. The zero-order chi connectivity index (χ0) is 13.1. The van der Waals surface area contributed by atoms with Crippen LogP contribution in [0.4, 0.5) is 0 Å². The summed E-state index contributed by atoms with van der Waals surface area (Å²) in [6.07, 6.45) is 0.867. The highest BCUT2D eigenvalue weighted by atomic mass is 32.1. The Balaban J connectivity index is 2.34. The zero-order valence-electron chi connectivity index (χ0n) is 10.8. The maximum Gasteiger partial charge on any atom is 0.147 e. The van der Waals surface area contributed by atoms with Crippen LogP contribution in [0.1, 0.15) is 30.0 Å². The van der Waals surface area contributed by atoms with E-state index < -0.39 is 0 Å². The Kier molecular flexibility index (Phi) is 3.93. The summed E-state index contributed by atoms with van der Waals surface area (Å²) in [5.74, 6) is 0.865. The monoisotopic (exact) mass is 263 g/mol. The lowest BCUT2D eigenvalue weighted by molar-refractivity contribution is 0.412. The first kappa shape index (κ1) is 13.0. The van der Waals surface area contributed by atoms with Gasteiger partial charge in [0, 0.05) is 5.56 Å². The minimum atomic E-state index is -0.0245. The van der Waals surface area contributed by atoms with E-state index >= 15 is 0 Å². The van der Waals surface area contributed by atoms with Crippen molar-refractivity contribution in [2.75, 3.05) is 7.11 Å². The number of hydrogen-bond acceptors (Lipinski definition) is 5. The Hall–Kier alpha value is -1.46. The van der Waals surface area contributed by atoms with Crippen molar-refractivity contribution in [2.45, 2.75) is 26.3 Å². The van der Waals surface area contributed by atoms with Crippen molar-refractivity contribution in [1.29, 1.82) is 0 Å². The Bertz CT molecular complexity index is 539. The van der Waals surface area contributed by atoms with Crippen LogP contribution >= 0.6 is 11.3 Å². The largest absolute Gasteiger partial charge is 0.496 e. The fourth-order valence-electron chi connectivity index (χ4n) is 1.63. The molecule has 0 radical (unpaired) electrons. The van der Waals surface area contributed by atoms with Crippen LogP contribution in [0.25, 0.3) is 10.6 Å². The van der Waals surface area contributed by atoms with E-state index in [-0.39, 0.29) is 6.04 Å². The average molecular weight is 263 g/mol. The molecule has 1 atom stereocenters. The van der Waals surface area contributed by atoms with Crippen molar-refractivity contribution in [3.63, 3.8) is 0 Å². The maximum absolute atomic E-state index is 5.95. The highest BCUT2D eigenvalue weighted by Crippen LogP contribution is 2.30. The summed E-state index contributed by atoms with van der Waals surface area (Å²) in [4.78, 5) is 0. The van der Waals surface area contributed by atoms with Gasteiger partial charge < -0.3 is 10.5 Å². The van der Waals surface area contributed by atoms with E-state index in [0.717, 1.165) is 33.3 Å². The third-order valence-electron chi connectivity index (χ3n) is 2.85. The minimum absolute atomic E-state index is 0.0245. The first-order valence-corrected chi connectivity index (χ1v) is 6.71. The van der Waals surface area contributed by atoms with Crippen LogP contribution in [0.5, 0.6) is 5.75 Å². The van der Waals surface area contributed by atoms with Crippen LogP contribution in [0.2, 0.25) is 0 Å². The Morgan fingerprint density at radius 3 is 2.83 bits per heavy atom. The number of nitrogens with zero attached hydrogens (tertiary/aromatic N) is 2. The summed E-state index contributed by atoms with van der Waals surface area (Å²) in [5.41, 5.74) is 8.07. The van der Waals surface area contributed by atoms with Crippen molar-refractivity contribution in [3.8, 4) is 16.3 Å². The van der Waals surface area contributed by atoms with E-state index in [1.807, 2.05) is 32.0 Å². The lowest BCUT2D eigenvalue weighted by Gasteiger charge is -2.05. The third-order valence-corrected chi connectivity index (χ3v) is 3.96. The van der Waals surface area contributed by atoms with E-state index in [0.29, 0.717) is 0 Å². The summed E-state index contributed by atoms with van der Waals surface area (Å²) >= 11 is 1.54. The van der Waals surface area contributed by atoms with Gasteiger partial charge in [-0.25, -0.2) is 0 Å². The molecule has 0 saturated heterocycles. The summed E-state index contributed by atoms with van der Waals surface area (Å²) in [6, 6.07) is 6.01. The fourth-order valence-corrected chi connectivity index (χ4v) is 2.55. The summed E-state index contributed by atoms with van der Waals surface area (Å²) in [7, 11) is 1.67. The van der Waals surface area contributed by atoms with E-state index in [2.05, 4.69) is 10.2 Å². The van der Waals surface area contributed by atoms with Gasteiger partial charge in [0.2, 0.25) is 0 Å². The molecule has 1 heterocycles. The summed E-state index contributed by atoms with van der Waals surface area (Å²) in [6.45, 7) is 4.06. The molecule has 0 saturated carbocycles. The van der Waals surface area contributed by atoms with E-state index in [9.17, 15) is 0 Å². The molecule has 2 N–H and O–H groups in total. The normalized spacial score (nSPS) is 12.4. The van der Waals surface area contributed by atoms with Gasteiger partial charge >= 0.3 is 0 Å². The molecule has 0 fully saturated rings.